The zero-order valence-corrected chi connectivity index (χ0v) is 9.35. The lowest BCUT2D eigenvalue weighted by Gasteiger charge is -1.95. The van der Waals surface area contributed by atoms with Crippen LogP contribution in [0.2, 0.25) is 0 Å². The van der Waals surface area contributed by atoms with Crippen molar-refractivity contribution in [2.75, 3.05) is 5.73 Å². The molecule has 1 aromatic carbocycles. The van der Waals surface area contributed by atoms with Crippen molar-refractivity contribution in [3.8, 4) is 0 Å². The Morgan fingerprint density at radius 3 is 2.83 bits per heavy atom. The van der Waals surface area contributed by atoms with Crippen LogP contribution in [0.15, 0.2) is 36.5 Å². The standard InChI is InChI=1S/C12H10N4O2/c13-12-14-7-6-10(15-12)5-4-9-2-1-3-11(8-9)16(17)18/h1-8H,(H2,13,14,15)/b5-4+. The third-order valence-electron chi connectivity index (χ3n) is 2.22. The van der Waals surface area contributed by atoms with Crippen LogP contribution in [0, 0.1) is 10.1 Å². The van der Waals surface area contributed by atoms with E-state index in [4.69, 9.17) is 5.73 Å². The highest BCUT2D eigenvalue weighted by Gasteiger charge is 2.03. The van der Waals surface area contributed by atoms with Gasteiger partial charge >= 0.3 is 0 Å². The molecule has 0 aliphatic rings. The molecule has 0 saturated carbocycles. The topological polar surface area (TPSA) is 94.9 Å². The molecule has 6 nitrogen and oxygen atoms in total. The van der Waals surface area contributed by atoms with E-state index in [-0.39, 0.29) is 11.6 Å². The van der Waals surface area contributed by atoms with E-state index >= 15 is 0 Å². The van der Waals surface area contributed by atoms with E-state index in [1.807, 2.05) is 0 Å². The van der Waals surface area contributed by atoms with Crippen LogP contribution < -0.4 is 5.73 Å². The minimum absolute atomic E-state index is 0.0550. The van der Waals surface area contributed by atoms with Gasteiger partial charge in [0.15, 0.2) is 0 Å². The molecule has 2 rings (SSSR count). The fourth-order valence-electron chi connectivity index (χ4n) is 1.40. The smallest absolute Gasteiger partial charge is 0.270 e. The maximum atomic E-state index is 10.6. The largest absolute Gasteiger partial charge is 0.368 e. The Balaban J connectivity index is 2.23. The van der Waals surface area contributed by atoms with Gasteiger partial charge in [-0.3, -0.25) is 10.1 Å². The molecule has 2 aromatic rings. The van der Waals surface area contributed by atoms with E-state index in [0.717, 1.165) is 5.56 Å². The molecule has 0 amide bonds. The molecule has 0 bridgehead atoms. The lowest BCUT2D eigenvalue weighted by atomic mass is 10.2. The normalized spacial score (nSPS) is 10.7. The van der Waals surface area contributed by atoms with E-state index in [1.165, 1.54) is 12.1 Å². The van der Waals surface area contributed by atoms with Crippen molar-refractivity contribution < 1.29 is 4.92 Å². The summed E-state index contributed by atoms with van der Waals surface area (Å²) in [6.07, 6.45) is 5.00. The Morgan fingerprint density at radius 1 is 1.28 bits per heavy atom. The second kappa shape index (κ2) is 5.05. The number of hydrogen-bond donors (Lipinski definition) is 1. The van der Waals surface area contributed by atoms with Crippen LogP contribution in [0.4, 0.5) is 11.6 Å². The van der Waals surface area contributed by atoms with Gasteiger partial charge in [-0.05, 0) is 17.7 Å². The third kappa shape index (κ3) is 2.88. The number of benzene rings is 1. The summed E-state index contributed by atoms with van der Waals surface area (Å²) in [5, 5.41) is 10.6. The molecule has 90 valence electrons. The van der Waals surface area contributed by atoms with Gasteiger partial charge in [-0.1, -0.05) is 18.2 Å². The highest BCUT2D eigenvalue weighted by molar-refractivity contribution is 5.69. The first-order valence-corrected chi connectivity index (χ1v) is 5.16. The van der Waals surface area contributed by atoms with E-state index in [0.29, 0.717) is 5.69 Å². The number of nitrogens with zero attached hydrogens (tertiary/aromatic N) is 3. The molecule has 0 spiro atoms. The molecule has 6 heteroatoms. The van der Waals surface area contributed by atoms with Crippen LogP contribution in [-0.2, 0) is 0 Å². The lowest BCUT2D eigenvalue weighted by Crippen LogP contribution is -1.94. The first-order valence-electron chi connectivity index (χ1n) is 5.16. The first kappa shape index (κ1) is 11.7. The number of nitrogen functional groups attached to an aromatic ring is 1. The molecule has 0 saturated heterocycles. The summed E-state index contributed by atoms with van der Waals surface area (Å²) in [7, 11) is 0. The Kier molecular flexibility index (Phi) is 3.29. The zero-order chi connectivity index (χ0) is 13.0. The van der Waals surface area contributed by atoms with Crippen LogP contribution in [0.3, 0.4) is 0 Å². The Morgan fingerprint density at radius 2 is 2.11 bits per heavy atom. The van der Waals surface area contributed by atoms with Gasteiger partial charge in [-0.25, -0.2) is 9.97 Å². The average Bonchev–Trinajstić information content (AvgIpc) is 2.37. The summed E-state index contributed by atoms with van der Waals surface area (Å²) in [5.41, 5.74) is 6.87. The number of nitro groups is 1. The number of rotatable bonds is 3. The quantitative estimate of drug-likeness (QED) is 0.657. The van der Waals surface area contributed by atoms with Crippen LogP contribution in [-0.4, -0.2) is 14.9 Å². The van der Waals surface area contributed by atoms with E-state index in [1.54, 1.807) is 36.5 Å². The second-order valence-corrected chi connectivity index (χ2v) is 3.53. The molecular weight excluding hydrogens is 232 g/mol. The SMILES string of the molecule is Nc1nccc(/C=C/c2cccc([N+](=O)[O-])c2)n1. The monoisotopic (exact) mass is 242 g/mol. The molecule has 18 heavy (non-hydrogen) atoms. The number of nitro benzene ring substituents is 1. The minimum atomic E-state index is -0.431. The number of hydrogen-bond acceptors (Lipinski definition) is 5. The van der Waals surface area contributed by atoms with Gasteiger partial charge in [0.25, 0.3) is 5.69 Å². The Labute approximate surface area is 103 Å². The predicted molar refractivity (Wildman–Crippen MR) is 68.5 cm³/mol. The summed E-state index contributed by atoms with van der Waals surface area (Å²) >= 11 is 0. The van der Waals surface area contributed by atoms with Crippen LogP contribution in [0.5, 0.6) is 0 Å². The van der Waals surface area contributed by atoms with Crippen LogP contribution in [0.25, 0.3) is 12.2 Å². The van der Waals surface area contributed by atoms with Gasteiger partial charge in [0.05, 0.1) is 10.6 Å². The summed E-state index contributed by atoms with van der Waals surface area (Å²) in [5.74, 6) is 0.191. The van der Waals surface area contributed by atoms with E-state index in [9.17, 15) is 10.1 Å². The number of non-ortho nitro benzene ring substituents is 1. The van der Waals surface area contributed by atoms with Gasteiger partial charge in [-0.15, -0.1) is 0 Å². The molecule has 0 fully saturated rings. The highest BCUT2D eigenvalue weighted by Crippen LogP contribution is 2.15. The molecule has 0 unspecified atom stereocenters. The van der Waals surface area contributed by atoms with Crippen molar-refractivity contribution >= 4 is 23.8 Å². The molecule has 0 aliphatic carbocycles. The number of aromatic nitrogens is 2. The van der Waals surface area contributed by atoms with Gasteiger partial charge in [0.2, 0.25) is 5.95 Å². The molecular formula is C12H10N4O2. The molecule has 0 atom stereocenters. The fraction of sp³-hybridized carbons (Fsp3) is 0. The predicted octanol–water partition coefficient (Wildman–Crippen LogP) is 2.14. The number of nitrogens with two attached hydrogens (primary N) is 1. The second-order valence-electron chi connectivity index (χ2n) is 3.53. The highest BCUT2D eigenvalue weighted by atomic mass is 16.6. The lowest BCUT2D eigenvalue weighted by molar-refractivity contribution is -0.384. The molecule has 1 heterocycles. The van der Waals surface area contributed by atoms with E-state index in [2.05, 4.69) is 9.97 Å². The van der Waals surface area contributed by atoms with Crippen molar-refractivity contribution in [2.45, 2.75) is 0 Å². The maximum absolute atomic E-state index is 10.6. The van der Waals surface area contributed by atoms with Crippen molar-refractivity contribution in [1.29, 1.82) is 0 Å². The third-order valence-corrected chi connectivity index (χ3v) is 2.22. The van der Waals surface area contributed by atoms with Gasteiger partial charge in [-0.2, -0.15) is 0 Å². The average molecular weight is 242 g/mol. The summed E-state index contributed by atoms with van der Waals surface area (Å²) in [4.78, 5) is 18.0. The van der Waals surface area contributed by atoms with Crippen molar-refractivity contribution in [3.05, 3.63) is 57.9 Å². The number of anilines is 1. The Bertz CT molecular complexity index is 611. The Hall–Kier alpha value is -2.76. The minimum Gasteiger partial charge on any atom is -0.368 e. The summed E-state index contributed by atoms with van der Waals surface area (Å²) in [6.45, 7) is 0. The first-order chi connectivity index (χ1) is 8.65. The van der Waals surface area contributed by atoms with Gasteiger partial charge < -0.3 is 5.73 Å². The van der Waals surface area contributed by atoms with Crippen molar-refractivity contribution in [1.82, 2.24) is 9.97 Å². The maximum Gasteiger partial charge on any atom is 0.270 e. The zero-order valence-electron chi connectivity index (χ0n) is 9.35. The van der Waals surface area contributed by atoms with Crippen LogP contribution >= 0.6 is 0 Å². The van der Waals surface area contributed by atoms with Crippen LogP contribution in [0.1, 0.15) is 11.3 Å². The fourth-order valence-corrected chi connectivity index (χ4v) is 1.40. The van der Waals surface area contributed by atoms with Gasteiger partial charge in [0, 0.05) is 18.3 Å². The van der Waals surface area contributed by atoms with Crippen molar-refractivity contribution in [3.63, 3.8) is 0 Å². The van der Waals surface area contributed by atoms with E-state index < -0.39 is 4.92 Å². The van der Waals surface area contributed by atoms with Crippen molar-refractivity contribution in [2.24, 2.45) is 0 Å². The summed E-state index contributed by atoms with van der Waals surface area (Å²) < 4.78 is 0. The van der Waals surface area contributed by atoms with Gasteiger partial charge in [0.1, 0.15) is 0 Å². The molecule has 1 aromatic heterocycles. The summed E-state index contributed by atoms with van der Waals surface area (Å²) in [6, 6.07) is 8.03. The molecule has 0 aliphatic heterocycles. The molecule has 0 radical (unpaired) electrons. The molecule has 2 N–H and O–H groups in total.